The van der Waals surface area contributed by atoms with Crippen LogP contribution >= 0.6 is 0 Å². The maximum atomic E-state index is 14.1. The average Bonchev–Trinajstić information content (AvgIpc) is 2.64. The van der Waals surface area contributed by atoms with Crippen molar-refractivity contribution in [2.45, 2.75) is 58.8 Å². The lowest BCUT2D eigenvalue weighted by molar-refractivity contribution is 0.0752. The van der Waals surface area contributed by atoms with Crippen LogP contribution in [0.4, 0.5) is 8.78 Å². The van der Waals surface area contributed by atoms with Crippen LogP contribution in [-0.4, -0.2) is 13.2 Å². The summed E-state index contributed by atoms with van der Waals surface area (Å²) in [5.74, 6) is 1.08. The van der Waals surface area contributed by atoms with Gasteiger partial charge in [0, 0.05) is 0 Å². The molecule has 0 spiro atoms. The molecule has 2 fully saturated rings. The molecule has 0 aliphatic heterocycles. The van der Waals surface area contributed by atoms with E-state index in [-0.39, 0.29) is 11.5 Å². The molecule has 140 valence electrons. The van der Waals surface area contributed by atoms with Crippen molar-refractivity contribution in [3.8, 4) is 11.5 Å². The van der Waals surface area contributed by atoms with Gasteiger partial charge in [-0.3, -0.25) is 0 Å². The van der Waals surface area contributed by atoms with Crippen molar-refractivity contribution < 1.29 is 18.3 Å². The minimum absolute atomic E-state index is 0.00207. The molecule has 0 amide bonds. The van der Waals surface area contributed by atoms with Gasteiger partial charge in [0.1, 0.15) is 0 Å². The molecule has 0 heterocycles. The van der Waals surface area contributed by atoms with Crippen LogP contribution < -0.4 is 9.47 Å². The van der Waals surface area contributed by atoms with Gasteiger partial charge in [0.05, 0.1) is 13.2 Å². The molecule has 1 aromatic rings. The predicted molar refractivity (Wildman–Crippen MR) is 95.0 cm³/mol. The number of benzene rings is 1. The smallest absolute Gasteiger partial charge is 0.204 e. The fourth-order valence-electron chi connectivity index (χ4n) is 4.71. The third-order valence-electron chi connectivity index (χ3n) is 6.19. The zero-order valence-corrected chi connectivity index (χ0v) is 15.4. The Morgan fingerprint density at radius 3 is 2.00 bits per heavy atom. The Balaban J connectivity index is 1.54. The lowest BCUT2D eigenvalue weighted by atomic mass is 9.64. The van der Waals surface area contributed by atoms with Crippen LogP contribution in [0.1, 0.15) is 58.8 Å². The molecule has 1 aromatic carbocycles. The lowest BCUT2D eigenvalue weighted by Gasteiger charge is -2.42. The van der Waals surface area contributed by atoms with Crippen molar-refractivity contribution in [2.24, 2.45) is 23.7 Å². The number of hydrogen-bond donors (Lipinski definition) is 0. The largest absolute Gasteiger partial charge is 0.491 e. The van der Waals surface area contributed by atoms with Crippen molar-refractivity contribution in [1.29, 1.82) is 0 Å². The van der Waals surface area contributed by atoms with Crippen molar-refractivity contribution in [3.63, 3.8) is 0 Å². The zero-order valence-electron chi connectivity index (χ0n) is 15.4. The monoisotopic (exact) mass is 352 g/mol. The molecule has 0 saturated heterocycles. The normalized spacial score (nSPS) is 29.1. The number of fused-ring (bicyclic) bond motifs is 1. The van der Waals surface area contributed by atoms with E-state index in [1.807, 2.05) is 0 Å². The second-order valence-electron chi connectivity index (χ2n) is 7.72. The second kappa shape index (κ2) is 8.37. The third kappa shape index (κ3) is 4.27. The lowest BCUT2D eigenvalue weighted by Crippen LogP contribution is -2.32. The highest BCUT2D eigenvalue weighted by molar-refractivity contribution is 5.35. The first-order chi connectivity index (χ1) is 12.1. The number of ether oxygens (including phenoxy) is 2. The first kappa shape index (κ1) is 18.5. The Labute approximate surface area is 149 Å². The average molecular weight is 352 g/mol. The summed E-state index contributed by atoms with van der Waals surface area (Å²) in [6.07, 6.45) is 8.93. The van der Waals surface area contributed by atoms with E-state index in [4.69, 9.17) is 9.47 Å². The Hall–Kier alpha value is -1.32. The maximum absolute atomic E-state index is 14.1. The molecule has 4 atom stereocenters. The molecule has 4 heteroatoms. The molecular formula is C21H30F2O2. The summed E-state index contributed by atoms with van der Waals surface area (Å²) in [4.78, 5) is 0. The molecule has 0 N–H and O–H groups in total. The van der Waals surface area contributed by atoms with Gasteiger partial charge in [0.2, 0.25) is 11.6 Å². The van der Waals surface area contributed by atoms with Gasteiger partial charge in [-0.1, -0.05) is 19.8 Å². The quantitative estimate of drug-likeness (QED) is 0.626. The highest BCUT2D eigenvalue weighted by atomic mass is 19.2. The van der Waals surface area contributed by atoms with E-state index in [9.17, 15) is 8.78 Å². The van der Waals surface area contributed by atoms with Gasteiger partial charge in [-0.2, -0.15) is 8.78 Å². The minimum atomic E-state index is -0.957. The van der Waals surface area contributed by atoms with Crippen LogP contribution in [0.15, 0.2) is 12.1 Å². The van der Waals surface area contributed by atoms with Crippen LogP contribution in [0, 0.1) is 35.3 Å². The van der Waals surface area contributed by atoms with Crippen LogP contribution in [0.25, 0.3) is 0 Å². The molecule has 2 nitrogen and oxygen atoms in total. The van der Waals surface area contributed by atoms with Crippen LogP contribution in [0.2, 0.25) is 0 Å². The fourth-order valence-corrected chi connectivity index (χ4v) is 4.71. The summed E-state index contributed by atoms with van der Waals surface area (Å²) in [6, 6.07) is 2.92. The third-order valence-corrected chi connectivity index (χ3v) is 6.19. The Kier molecular flexibility index (Phi) is 6.19. The highest BCUT2D eigenvalue weighted by Crippen LogP contribution is 2.45. The number of halogens is 2. The summed E-state index contributed by atoms with van der Waals surface area (Å²) >= 11 is 0. The number of hydrogen-bond acceptors (Lipinski definition) is 2. The first-order valence-corrected chi connectivity index (χ1v) is 9.85. The van der Waals surface area contributed by atoms with E-state index >= 15 is 0 Å². The van der Waals surface area contributed by atoms with Gasteiger partial charge in [0.25, 0.3) is 0 Å². The number of rotatable bonds is 6. The molecule has 0 bridgehead atoms. The van der Waals surface area contributed by atoms with Crippen LogP contribution in [0.3, 0.4) is 0 Å². The van der Waals surface area contributed by atoms with Crippen molar-refractivity contribution in [2.75, 3.05) is 13.2 Å². The summed E-state index contributed by atoms with van der Waals surface area (Å²) < 4.78 is 38.8. The van der Waals surface area contributed by atoms with E-state index < -0.39 is 11.6 Å². The molecule has 3 rings (SSSR count). The highest BCUT2D eigenvalue weighted by Gasteiger charge is 2.35. The standard InChI is InChI=1S/C21H30F2O2/c1-3-14-5-7-17-12-15(6-8-16(17)11-14)13-25-19-10-9-18(24-4-2)20(22)21(19)23/h9-10,14-17H,3-8,11-13H2,1-2H3. The molecule has 4 unspecified atom stereocenters. The predicted octanol–water partition coefficient (Wildman–Crippen LogP) is 5.98. The van der Waals surface area contributed by atoms with Gasteiger partial charge in [-0.05, 0) is 74.8 Å². The van der Waals surface area contributed by atoms with E-state index in [0.29, 0.717) is 19.1 Å². The second-order valence-corrected chi connectivity index (χ2v) is 7.72. The summed E-state index contributed by atoms with van der Waals surface area (Å²) in [7, 11) is 0. The summed E-state index contributed by atoms with van der Waals surface area (Å²) in [5.41, 5.74) is 0. The van der Waals surface area contributed by atoms with Crippen molar-refractivity contribution in [1.82, 2.24) is 0 Å². The van der Waals surface area contributed by atoms with E-state index in [0.717, 1.165) is 24.2 Å². The Morgan fingerprint density at radius 1 is 0.840 bits per heavy atom. The maximum Gasteiger partial charge on any atom is 0.204 e. The van der Waals surface area contributed by atoms with E-state index in [1.54, 1.807) is 6.92 Å². The Morgan fingerprint density at radius 2 is 1.40 bits per heavy atom. The first-order valence-electron chi connectivity index (χ1n) is 9.85. The molecular weight excluding hydrogens is 322 g/mol. The molecule has 0 radical (unpaired) electrons. The van der Waals surface area contributed by atoms with Gasteiger partial charge in [-0.25, -0.2) is 0 Å². The molecule has 25 heavy (non-hydrogen) atoms. The minimum Gasteiger partial charge on any atom is -0.491 e. The van der Waals surface area contributed by atoms with Crippen molar-refractivity contribution in [3.05, 3.63) is 23.8 Å². The topological polar surface area (TPSA) is 18.5 Å². The summed E-state index contributed by atoms with van der Waals surface area (Å²) in [5, 5.41) is 0. The van der Waals surface area contributed by atoms with Crippen molar-refractivity contribution >= 4 is 0 Å². The van der Waals surface area contributed by atoms with Crippen LogP contribution in [0.5, 0.6) is 11.5 Å². The SMILES string of the molecule is CCOc1ccc(OCC2CCC3CC(CC)CCC3C2)c(F)c1F. The van der Waals surface area contributed by atoms with Gasteiger partial charge in [-0.15, -0.1) is 0 Å². The Bertz CT molecular complexity index is 575. The van der Waals surface area contributed by atoms with E-state index in [2.05, 4.69) is 6.92 Å². The van der Waals surface area contributed by atoms with Crippen LogP contribution in [-0.2, 0) is 0 Å². The van der Waals surface area contributed by atoms with E-state index in [1.165, 1.54) is 50.7 Å². The fraction of sp³-hybridized carbons (Fsp3) is 0.714. The molecule has 0 aromatic heterocycles. The summed E-state index contributed by atoms with van der Waals surface area (Å²) in [6.45, 7) is 4.83. The zero-order chi connectivity index (χ0) is 17.8. The molecule has 2 saturated carbocycles. The van der Waals surface area contributed by atoms with Gasteiger partial charge < -0.3 is 9.47 Å². The molecule has 2 aliphatic rings. The van der Waals surface area contributed by atoms with Gasteiger partial charge >= 0.3 is 0 Å². The molecule has 2 aliphatic carbocycles. The van der Waals surface area contributed by atoms with Gasteiger partial charge in [0.15, 0.2) is 11.5 Å².